The van der Waals surface area contributed by atoms with Crippen molar-refractivity contribution in [3.63, 3.8) is 0 Å². The van der Waals surface area contributed by atoms with Gasteiger partial charge in [0.1, 0.15) is 17.8 Å². The number of rotatable bonds is 3. The molecule has 1 heterocycles. The Morgan fingerprint density at radius 2 is 2.06 bits per heavy atom. The summed E-state index contributed by atoms with van der Waals surface area (Å²) in [6, 6.07) is 5.22. The largest absolute Gasteiger partial charge is 0.494 e. The van der Waals surface area contributed by atoms with E-state index in [2.05, 4.69) is 9.97 Å². The summed E-state index contributed by atoms with van der Waals surface area (Å²) < 4.78 is 10.8. The molecule has 0 aliphatic carbocycles. The summed E-state index contributed by atoms with van der Waals surface area (Å²) in [4.78, 5) is 7.95. The number of nitrogens with two attached hydrogens (primary N) is 1. The molecule has 0 fully saturated rings. The molecule has 0 aliphatic rings. The Hall–Kier alpha value is -2.30. The van der Waals surface area contributed by atoms with Gasteiger partial charge >= 0.3 is 0 Å². The molecule has 17 heavy (non-hydrogen) atoms. The second kappa shape index (κ2) is 4.69. The summed E-state index contributed by atoms with van der Waals surface area (Å²) in [5, 5.41) is 0. The molecule has 0 unspecified atom stereocenters. The van der Waals surface area contributed by atoms with E-state index in [0.29, 0.717) is 22.9 Å². The van der Waals surface area contributed by atoms with E-state index in [1.165, 1.54) is 6.33 Å². The zero-order valence-corrected chi connectivity index (χ0v) is 9.68. The fraction of sp³-hybridized carbons (Fsp3) is 0.167. The molecule has 0 spiro atoms. The highest BCUT2D eigenvalue weighted by Gasteiger charge is 2.05. The van der Waals surface area contributed by atoms with Gasteiger partial charge in [-0.3, -0.25) is 0 Å². The number of hydrogen-bond acceptors (Lipinski definition) is 5. The lowest BCUT2D eigenvalue weighted by Gasteiger charge is -2.09. The van der Waals surface area contributed by atoms with Crippen molar-refractivity contribution in [3.05, 3.63) is 36.4 Å². The molecule has 1 aromatic heterocycles. The molecule has 2 aromatic rings. The van der Waals surface area contributed by atoms with Crippen molar-refractivity contribution in [2.45, 2.75) is 6.92 Å². The van der Waals surface area contributed by atoms with Crippen molar-refractivity contribution in [2.75, 3.05) is 12.8 Å². The number of aryl methyl sites for hydroxylation is 1. The zero-order chi connectivity index (χ0) is 12.3. The Kier molecular flexibility index (Phi) is 3.09. The number of ether oxygens (including phenoxy) is 2. The van der Waals surface area contributed by atoms with E-state index in [1.807, 2.05) is 6.92 Å². The highest BCUT2D eigenvalue weighted by molar-refractivity contribution is 5.56. The van der Waals surface area contributed by atoms with Crippen LogP contribution in [-0.2, 0) is 0 Å². The third kappa shape index (κ3) is 2.44. The molecule has 0 bridgehead atoms. The van der Waals surface area contributed by atoms with Crippen LogP contribution in [0.25, 0.3) is 0 Å². The SMILES string of the molecule is COc1cc(Oc2cncnc2C)ccc1N. The third-order valence-electron chi connectivity index (χ3n) is 2.30. The van der Waals surface area contributed by atoms with Crippen LogP contribution in [0.4, 0.5) is 5.69 Å². The number of anilines is 1. The molecule has 5 nitrogen and oxygen atoms in total. The van der Waals surface area contributed by atoms with Crippen molar-refractivity contribution >= 4 is 5.69 Å². The van der Waals surface area contributed by atoms with Crippen LogP contribution < -0.4 is 15.2 Å². The average molecular weight is 231 g/mol. The molecule has 1 aromatic carbocycles. The molecule has 0 aliphatic heterocycles. The first kappa shape index (κ1) is 11.2. The fourth-order valence-corrected chi connectivity index (χ4v) is 1.36. The summed E-state index contributed by atoms with van der Waals surface area (Å²) in [6.07, 6.45) is 3.09. The highest BCUT2D eigenvalue weighted by Crippen LogP contribution is 2.30. The highest BCUT2D eigenvalue weighted by atomic mass is 16.5. The summed E-state index contributed by atoms with van der Waals surface area (Å²) >= 11 is 0. The first-order valence-corrected chi connectivity index (χ1v) is 5.08. The van der Waals surface area contributed by atoms with Gasteiger partial charge in [-0.25, -0.2) is 9.97 Å². The Bertz CT molecular complexity index is 529. The van der Waals surface area contributed by atoms with Crippen molar-refractivity contribution in [1.29, 1.82) is 0 Å². The molecule has 2 rings (SSSR count). The van der Waals surface area contributed by atoms with Gasteiger partial charge in [-0.05, 0) is 19.1 Å². The first-order valence-electron chi connectivity index (χ1n) is 5.08. The summed E-state index contributed by atoms with van der Waals surface area (Å²) in [5.74, 6) is 1.82. The molecular formula is C12H13N3O2. The predicted molar refractivity (Wildman–Crippen MR) is 64.2 cm³/mol. The standard InChI is InChI=1S/C12H13N3O2/c1-8-12(6-14-7-15-8)17-9-3-4-10(13)11(5-9)16-2/h3-7H,13H2,1-2H3. The minimum Gasteiger partial charge on any atom is -0.494 e. The smallest absolute Gasteiger partial charge is 0.166 e. The fourth-order valence-electron chi connectivity index (χ4n) is 1.36. The van der Waals surface area contributed by atoms with Gasteiger partial charge in [0.2, 0.25) is 0 Å². The van der Waals surface area contributed by atoms with Crippen LogP contribution in [0, 0.1) is 6.92 Å². The molecule has 0 amide bonds. The number of methoxy groups -OCH3 is 1. The van der Waals surface area contributed by atoms with Crippen molar-refractivity contribution in [2.24, 2.45) is 0 Å². The van der Waals surface area contributed by atoms with Gasteiger partial charge in [0.15, 0.2) is 5.75 Å². The van der Waals surface area contributed by atoms with E-state index in [4.69, 9.17) is 15.2 Å². The normalized spacial score (nSPS) is 10.0. The first-order chi connectivity index (χ1) is 8.20. The summed E-state index contributed by atoms with van der Waals surface area (Å²) in [7, 11) is 1.56. The number of nitrogens with zero attached hydrogens (tertiary/aromatic N) is 2. The zero-order valence-electron chi connectivity index (χ0n) is 9.68. The Morgan fingerprint density at radius 1 is 1.24 bits per heavy atom. The van der Waals surface area contributed by atoms with Crippen molar-refractivity contribution < 1.29 is 9.47 Å². The van der Waals surface area contributed by atoms with Crippen LogP contribution in [-0.4, -0.2) is 17.1 Å². The summed E-state index contributed by atoms with van der Waals surface area (Å²) in [5.41, 5.74) is 7.06. The molecule has 0 saturated carbocycles. The predicted octanol–water partition coefficient (Wildman–Crippen LogP) is 2.17. The van der Waals surface area contributed by atoms with Crippen molar-refractivity contribution in [1.82, 2.24) is 9.97 Å². The van der Waals surface area contributed by atoms with Crippen molar-refractivity contribution in [3.8, 4) is 17.2 Å². The van der Waals surface area contributed by atoms with Gasteiger partial charge in [0.25, 0.3) is 0 Å². The molecular weight excluding hydrogens is 218 g/mol. The van der Waals surface area contributed by atoms with Gasteiger partial charge in [0.05, 0.1) is 24.7 Å². The van der Waals surface area contributed by atoms with Gasteiger partial charge < -0.3 is 15.2 Å². The maximum absolute atomic E-state index is 5.72. The molecule has 0 saturated heterocycles. The van der Waals surface area contributed by atoms with E-state index in [9.17, 15) is 0 Å². The minimum absolute atomic E-state index is 0.570. The average Bonchev–Trinajstić information content (AvgIpc) is 2.34. The minimum atomic E-state index is 0.570. The van der Waals surface area contributed by atoms with Gasteiger partial charge in [-0.1, -0.05) is 0 Å². The van der Waals surface area contributed by atoms with Crippen LogP contribution in [0.15, 0.2) is 30.7 Å². The maximum atomic E-state index is 5.72. The second-order valence-electron chi connectivity index (χ2n) is 3.48. The van der Waals surface area contributed by atoms with E-state index in [0.717, 1.165) is 5.69 Å². The Labute approximate surface area is 99.2 Å². The van der Waals surface area contributed by atoms with Crippen LogP contribution in [0.3, 0.4) is 0 Å². The lowest BCUT2D eigenvalue weighted by molar-refractivity contribution is 0.410. The molecule has 5 heteroatoms. The molecule has 88 valence electrons. The van der Waals surface area contributed by atoms with Gasteiger partial charge in [-0.2, -0.15) is 0 Å². The van der Waals surface area contributed by atoms with E-state index >= 15 is 0 Å². The topological polar surface area (TPSA) is 70.3 Å². The molecule has 2 N–H and O–H groups in total. The van der Waals surface area contributed by atoms with E-state index in [1.54, 1.807) is 31.5 Å². The summed E-state index contributed by atoms with van der Waals surface area (Å²) in [6.45, 7) is 1.85. The van der Waals surface area contributed by atoms with Gasteiger partial charge in [0, 0.05) is 6.07 Å². The third-order valence-corrected chi connectivity index (χ3v) is 2.30. The monoisotopic (exact) mass is 231 g/mol. The number of nitrogen functional groups attached to an aromatic ring is 1. The van der Waals surface area contributed by atoms with E-state index < -0.39 is 0 Å². The number of aromatic nitrogens is 2. The molecule has 0 atom stereocenters. The second-order valence-corrected chi connectivity index (χ2v) is 3.48. The number of hydrogen-bond donors (Lipinski definition) is 1. The van der Waals surface area contributed by atoms with Crippen LogP contribution >= 0.6 is 0 Å². The van der Waals surface area contributed by atoms with Crippen LogP contribution in [0.2, 0.25) is 0 Å². The van der Waals surface area contributed by atoms with E-state index in [-0.39, 0.29) is 0 Å². The Morgan fingerprint density at radius 3 is 2.76 bits per heavy atom. The van der Waals surface area contributed by atoms with Gasteiger partial charge in [-0.15, -0.1) is 0 Å². The lowest BCUT2D eigenvalue weighted by atomic mass is 10.3. The maximum Gasteiger partial charge on any atom is 0.166 e. The van der Waals surface area contributed by atoms with Crippen LogP contribution in [0.1, 0.15) is 5.69 Å². The quantitative estimate of drug-likeness (QED) is 0.820. The molecule has 0 radical (unpaired) electrons. The number of benzene rings is 1. The Balaban J connectivity index is 2.28. The van der Waals surface area contributed by atoms with Crippen LogP contribution in [0.5, 0.6) is 17.2 Å². The lowest BCUT2D eigenvalue weighted by Crippen LogP contribution is -1.95.